The van der Waals surface area contributed by atoms with Gasteiger partial charge in [-0.05, 0) is 19.4 Å². The topological polar surface area (TPSA) is 32.6 Å². The molecule has 1 aromatic rings. The highest BCUT2D eigenvalue weighted by molar-refractivity contribution is 5.99. The zero-order valence-electron chi connectivity index (χ0n) is 8.70. The summed E-state index contributed by atoms with van der Waals surface area (Å²) in [6.07, 6.45) is 0. The maximum Gasteiger partial charge on any atom is 0.0839 e. The first-order valence-electron chi connectivity index (χ1n) is 4.50. The smallest absolute Gasteiger partial charge is 0.0839 e. The second kappa shape index (κ2) is 6.23. The second-order valence-electron chi connectivity index (χ2n) is 2.50. The van der Waals surface area contributed by atoms with Crippen molar-refractivity contribution in [2.24, 2.45) is 5.16 Å². The van der Waals surface area contributed by atoms with Gasteiger partial charge in [0.15, 0.2) is 0 Å². The fraction of sp³-hybridized carbons (Fsp3) is 0.364. The molecular formula is C11H17NO. The average molecular weight is 179 g/mol. The molecule has 0 heterocycles. The predicted octanol–water partition coefficient (Wildman–Crippen LogP) is 3.22. The Morgan fingerprint density at radius 1 is 1.23 bits per heavy atom. The lowest BCUT2D eigenvalue weighted by Crippen LogP contribution is -1.96. The fourth-order valence-electron chi connectivity index (χ4n) is 1.03. The largest absolute Gasteiger partial charge is 0.411 e. The molecule has 0 saturated heterocycles. The van der Waals surface area contributed by atoms with E-state index in [0.717, 1.165) is 11.1 Å². The molecule has 1 N–H and O–H groups in total. The molecule has 0 unspecified atom stereocenters. The van der Waals surface area contributed by atoms with Crippen molar-refractivity contribution < 1.29 is 5.21 Å². The first-order chi connectivity index (χ1) is 6.25. The van der Waals surface area contributed by atoms with Crippen LogP contribution in [0.25, 0.3) is 0 Å². The highest BCUT2D eigenvalue weighted by atomic mass is 16.4. The number of hydrogen-bond donors (Lipinski definition) is 1. The highest BCUT2D eigenvalue weighted by Crippen LogP contribution is 2.07. The molecule has 0 fully saturated rings. The number of nitrogens with zero attached hydrogens (tertiary/aromatic N) is 1. The minimum atomic E-state index is 0.656. The van der Waals surface area contributed by atoms with Crippen molar-refractivity contribution >= 4 is 5.71 Å². The summed E-state index contributed by atoms with van der Waals surface area (Å²) < 4.78 is 0. The predicted molar refractivity (Wildman–Crippen MR) is 56.5 cm³/mol. The standard InChI is InChI=1S/C9H11NO.C2H6/c1-7-5-3-4-6-9(7)8(2)10-11;1-2/h3-6,11H,1-2H3;1-2H3. The molecule has 1 aromatic carbocycles. The summed E-state index contributed by atoms with van der Waals surface area (Å²) in [5, 5.41) is 11.6. The minimum Gasteiger partial charge on any atom is -0.411 e. The molecule has 0 atom stereocenters. The maximum absolute atomic E-state index is 8.50. The minimum absolute atomic E-state index is 0.656. The van der Waals surface area contributed by atoms with Crippen molar-refractivity contribution in [2.75, 3.05) is 0 Å². The first-order valence-corrected chi connectivity index (χ1v) is 4.50. The Balaban J connectivity index is 0.000000671. The zero-order valence-corrected chi connectivity index (χ0v) is 8.70. The Labute approximate surface area is 79.9 Å². The van der Waals surface area contributed by atoms with E-state index in [4.69, 9.17) is 5.21 Å². The van der Waals surface area contributed by atoms with E-state index in [1.807, 2.05) is 45.0 Å². The molecule has 0 aliphatic carbocycles. The molecule has 13 heavy (non-hydrogen) atoms. The lowest BCUT2D eigenvalue weighted by molar-refractivity contribution is 0.319. The lowest BCUT2D eigenvalue weighted by Gasteiger charge is -2.01. The van der Waals surface area contributed by atoms with Gasteiger partial charge in [-0.25, -0.2) is 0 Å². The third kappa shape index (κ3) is 3.28. The quantitative estimate of drug-likeness (QED) is 0.400. The lowest BCUT2D eigenvalue weighted by atomic mass is 10.1. The number of rotatable bonds is 1. The molecule has 0 aliphatic heterocycles. The molecule has 0 aromatic heterocycles. The van der Waals surface area contributed by atoms with Crippen molar-refractivity contribution in [3.63, 3.8) is 0 Å². The van der Waals surface area contributed by atoms with E-state index < -0.39 is 0 Å². The van der Waals surface area contributed by atoms with Crippen LogP contribution in [0.15, 0.2) is 29.4 Å². The molecule has 2 heteroatoms. The van der Waals surface area contributed by atoms with Crippen LogP contribution in [-0.2, 0) is 0 Å². The Hall–Kier alpha value is -1.31. The molecule has 0 saturated carbocycles. The van der Waals surface area contributed by atoms with E-state index in [0.29, 0.717) is 5.71 Å². The Bertz CT molecular complexity index is 279. The van der Waals surface area contributed by atoms with Crippen LogP contribution in [0.2, 0.25) is 0 Å². The van der Waals surface area contributed by atoms with Crippen LogP contribution in [0.5, 0.6) is 0 Å². The van der Waals surface area contributed by atoms with Gasteiger partial charge in [-0.2, -0.15) is 0 Å². The van der Waals surface area contributed by atoms with Gasteiger partial charge in [-0.1, -0.05) is 43.3 Å². The molecule has 1 rings (SSSR count). The molecule has 2 nitrogen and oxygen atoms in total. The van der Waals surface area contributed by atoms with E-state index in [9.17, 15) is 0 Å². The summed E-state index contributed by atoms with van der Waals surface area (Å²) in [5.74, 6) is 0. The normalized spacial score (nSPS) is 10.3. The van der Waals surface area contributed by atoms with Gasteiger partial charge in [-0.15, -0.1) is 0 Å². The van der Waals surface area contributed by atoms with Gasteiger partial charge < -0.3 is 5.21 Å². The highest BCUT2D eigenvalue weighted by Gasteiger charge is 1.99. The third-order valence-electron chi connectivity index (χ3n) is 1.68. The van der Waals surface area contributed by atoms with E-state index in [1.165, 1.54) is 0 Å². The SMILES string of the molecule is CC.CC(=NO)c1ccccc1C. The van der Waals surface area contributed by atoms with Gasteiger partial charge in [0, 0.05) is 5.56 Å². The molecule has 0 bridgehead atoms. The molecule has 72 valence electrons. The first kappa shape index (κ1) is 11.7. The number of benzene rings is 1. The maximum atomic E-state index is 8.50. The van der Waals surface area contributed by atoms with Crippen LogP contribution < -0.4 is 0 Å². The van der Waals surface area contributed by atoms with E-state index in [-0.39, 0.29) is 0 Å². The molecule has 0 radical (unpaired) electrons. The van der Waals surface area contributed by atoms with Crippen LogP contribution in [0.1, 0.15) is 31.9 Å². The Morgan fingerprint density at radius 2 is 1.77 bits per heavy atom. The van der Waals surface area contributed by atoms with Gasteiger partial charge in [0.05, 0.1) is 5.71 Å². The van der Waals surface area contributed by atoms with Crippen LogP contribution >= 0.6 is 0 Å². The van der Waals surface area contributed by atoms with Crippen LogP contribution in [0, 0.1) is 6.92 Å². The van der Waals surface area contributed by atoms with E-state index in [2.05, 4.69) is 5.16 Å². The zero-order chi connectivity index (χ0) is 10.3. The van der Waals surface area contributed by atoms with Gasteiger partial charge >= 0.3 is 0 Å². The molecule has 0 spiro atoms. The summed E-state index contributed by atoms with van der Waals surface area (Å²) in [7, 11) is 0. The summed E-state index contributed by atoms with van der Waals surface area (Å²) in [4.78, 5) is 0. The molecular weight excluding hydrogens is 162 g/mol. The van der Waals surface area contributed by atoms with Gasteiger partial charge in [0.1, 0.15) is 0 Å². The van der Waals surface area contributed by atoms with Crippen LogP contribution in [0.4, 0.5) is 0 Å². The number of oxime groups is 1. The summed E-state index contributed by atoms with van der Waals surface area (Å²) in [5.41, 5.74) is 2.78. The monoisotopic (exact) mass is 179 g/mol. The molecule has 0 amide bonds. The van der Waals surface area contributed by atoms with Crippen LogP contribution in [-0.4, -0.2) is 10.9 Å². The Kier molecular flexibility index (Phi) is 5.60. The van der Waals surface area contributed by atoms with E-state index >= 15 is 0 Å². The summed E-state index contributed by atoms with van der Waals surface area (Å²) in [6.45, 7) is 7.77. The summed E-state index contributed by atoms with van der Waals surface area (Å²) >= 11 is 0. The third-order valence-corrected chi connectivity index (χ3v) is 1.68. The Morgan fingerprint density at radius 3 is 2.23 bits per heavy atom. The number of hydrogen-bond acceptors (Lipinski definition) is 2. The van der Waals surface area contributed by atoms with Crippen molar-refractivity contribution in [2.45, 2.75) is 27.7 Å². The van der Waals surface area contributed by atoms with E-state index in [1.54, 1.807) is 6.92 Å². The van der Waals surface area contributed by atoms with Gasteiger partial charge in [0.25, 0.3) is 0 Å². The summed E-state index contributed by atoms with van der Waals surface area (Å²) in [6, 6.07) is 7.81. The van der Waals surface area contributed by atoms with Crippen molar-refractivity contribution in [3.8, 4) is 0 Å². The van der Waals surface area contributed by atoms with Crippen molar-refractivity contribution in [1.82, 2.24) is 0 Å². The van der Waals surface area contributed by atoms with Gasteiger partial charge in [0.2, 0.25) is 0 Å². The second-order valence-corrected chi connectivity index (χ2v) is 2.50. The average Bonchev–Trinajstić information content (AvgIpc) is 2.20. The van der Waals surface area contributed by atoms with Crippen LogP contribution in [0.3, 0.4) is 0 Å². The van der Waals surface area contributed by atoms with Crippen molar-refractivity contribution in [3.05, 3.63) is 35.4 Å². The van der Waals surface area contributed by atoms with Gasteiger partial charge in [-0.3, -0.25) is 0 Å². The number of aryl methyl sites for hydroxylation is 1. The van der Waals surface area contributed by atoms with Crippen molar-refractivity contribution in [1.29, 1.82) is 0 Å². The fourth-order valence-corrected chi connectivity index (χ4v) is 1.03. The molecule has 0 aliphatic rings.